The summed E-state index contributed by atoms with van der Waals surface area (Å²) in [6.45, 7) is 0.745. The number of hydrogen-bond donors (Lipinski definition) is 0. The highest BCUT2D eigenvalue weighted by atomic mass is 35.5. The number of amides is 1. The summed E-state index contributed by atoms with van der Waals surface area (Å²) < 4.78 is 1.72. The van der Waals surface area contributed by atoms with Gasteiger partial charge in [-0.15, -0.1) is 10.2 Å². The van der Waals surface area contributed by atoms with Gasteiger partial charge in [0, 0.05) is 18.4 Å². The highest BCUT2D eigenvalue weighted by Gasteiger charge is 2.22. The second-order valence-electron chi connectivity index (χ2n) is 5.75. The molecule has 5 nitrogen and oxygen atoms in total. The van der Waals surface area contributed by atoms with Gasteiger partial charge in [0.05, 0.1) is 15.8 Å². The lowest BCUT2D eigenvalue weighted by Gasteiger charge is -2.29. The van der Waals surface area contributed by atoms with Gasteiger partial charge in [-0.3, -0.25) is 9.20 Å². The predicted octanol–water partition coefficient (Wildman–Crippen LogP) is 4.11. The quantitative estimate of drug-likeness (QED) is 0.629. The smallest absolute Gasteiger partial charge is 0.237 e. The van der Waals surface area contributed by atoms with Crippen molar-refractivity contribution < 1.29 is 4.79 Å². The minimum atomic E-state index is 0.0574. The summed E-state index contributed by atoms with van der Waals surface area (Å²) in [5.74, 6) is 0.334. The van der Waals surface area contributed by atoms with E-state index in [4.69, 9.17) is 23.2 Å². The minimum Gasteiger partial charge on any atom is -0.311 e. The number of fused-ring (bicyclic) bond motifs is 2. The number of benzene rings is 1. The van der Waals surface area contributed by atoms with Crippen LogP contribution >= 0.6 is 35.0 Å². The molecule has 2 aromatic heterocycles. The molecule has 0 fully saturated rings. The van der Waals surface area contributed by atoms with Crippen LogP contribution in [0.3, 0.4) is 0 Å². The van der Waals surface area contributed by atoms with Gasteiger partial charge in [-0.25, -0.2) is 0 Å². The number of rotatable bonds is 3. The molecule has 0 bridgehead atoms. The van der Waals surface area contributed by atoms with E-state index in [0.717, 1.165) is 25.1 Å². The molecule has 0 N–H and O–H groups in total. The first-order valence-corrected chi connectivity index (χ1v) is 9.58. The summed E-state index contributed by atoms with van der Waals surface area (Å²) in [4.78, 5) is 14.6. The van der Waals surface area contributed by atoms with Crippen molar-refractivity contribution in [1.82, 2.24) is 14.6 Å². The molecule has 1 amide bonds. The molecule has 1 aromatic carbocycles. The van der Waals surface area contributed by atoms with Crippen molar-refractivity contribution in [2.75, 3.05) is 17.2 Å². The molecular weight excluding hydrogens is 379 g/mol. The third kappa shape index (κ3) is 3.21. The first kappa shape index (κ1) is 16.7. The maximum absolute atomic E-state index is 12.7. The number of halogens is 2. The topological polar surface area (TPSA) is 50.5 Å². The van der Waals surface area contributed by atoms with Crippen molar-refractivity contribution in [1.29, 1.82) is 0 Å². The average Bonchev–Trinajstić information content (AvgIpc) is 3.02. The van der Waals surface area contributed by atoms with Crippen LogP contribution in [0.1, 0.15) is 12.0 Å². The van der Waals surface area contributed by atoms with Crippen LogP contribution in [0.5, 0.6) is 0 Å². The van der Waals surface area contributed by atoms with Crippen LogP contribution in [-0.2, 0) is 11.2 Å². The Hall–Kier alpha value is -1.76. The van der Waals surface area contributed by atoms with Crippen LogP contribution in [-0.4, -0.2) is 32.8 Å². The van der Waals surface area contributed by atoms with Gasteiger partial charge in [0.15, 0.2) is 10.8 Å². The van der Waals surface area contributed by atoms with E-state index in [1.54, 1.807) is 16.7 Å². The second kappa shape index (κ2) is 6.86. The first-order valence-electron chi connectivity index (χ1n) is 7.84. The average molecular weight is 393 g/mol. The largest absolute Gasteiger partial charge is 0.311 e. The lowest BCUT2D eigenvalue weighted by Crippen LogP contribution is -2.36. The molecule has 3 aromatic rings. The second-order valence-corrected chi connectivity index (χ2v) is 7.53. The fraction of sp³-hybridized carbons (Fsp3) is 0.235. The molecule has 4 rings (SSSR count). The number of thioether (sulfide) groups is 1. The number of aromatic nitrogens is 3. The van der Waals surface area contributed by atoms with E-state index in [9.17, 15) is 4.79 Å². The number of carbonyl (C=O) groups excluding carboxylic acids is 1. The van der Waals surface area contributed by atoms with Crippen LogP contribution in [0.4, 0.5) is 5.69 Å². The van der Waals surface area contributed by atoms with Gasteiger partial charge >= 0.3 is 0 Å². The molecule has 1 aliphatic rings. The molecule has 0 aliphatic carbocycles. The van der Waals surface area contributed by atoms with Crippen molar-refractivity contribution in [2.24, 2.45) is 0 Å². The van der Waals surface area contributed by atoms with Crippen molar-refractivity contribution in [2.45, 2.75) is 18.0 Å². The van der Waals surface area contributed by atoms with Crippen LogP contribution in [0.2, 0.25) is 10.0 Å². The number of anilines is 1. The zero-order valence-electron chi connectivity index (χ0n) is 13.2. The summed E-state index contributed by atoms with van der Waals surface area (Å²) in [6, 6.07) is 9.68. The number of para-hydroxylation sites is 1. The Bertz CT molecular complexity index is 959. The van der Waals surface area contributed by atoms with Crippen LogP contribution in [0.15, 0.2) is 41.7 Å². The van der Waals surface area contributed by atoms with E-state index in [1.807, 2.05) is 23.1 Å². The third-order valence-electron chi connectivity index (χ3n) is 4.13. The van der Waals surface area contributed by atoms with E-state index < -0.39 is 0 Å². The molecular formula is C17H14Cl2N4OS. The maximum Gasteiger partial charge on any atom is 0.237 e. The fourth-order valence-corrected chi connectivity index (χ4v) is 4.29. The molecule has 0 spiro atoms. The lowest BCUT2D eigenvalue weighted by atomic mass is 10.0. The summed E-state index contributed by atoms with van der Waals surface area (Å²) >= 11 is 13.5. The number of carbonyl (C=O) groups is 1. The van der Waals surface area contributed by atoms with Gasteiger partial charge in [-0.05, 0) is 30.5 Å². The summed E-state index contributed by atoms with van der Waals surface area (Å²) in [6.07, 6.45) is 3.69. The van der Waals surface area contributed by atoms with E-state index in [0.29, 0.717) is 20.8 Å². The highest BCUT2D eigenvalue weighted by molar-refractivity contribution is 7.99. The zero-order chi connectivity index (χ0) is 17.4. The van der Waals surface area contributed by atoms with E-state index in [-0.39, 0.29) is 11.7 Å². The van der Waals surface area contributed by atoms with Gasteiger partial charge in [-0.1, -0.05) is 53.2 Å². The van der Waals surface area contributed by atoms with Crippen LogP contribution in [0, 0.1) is 0 Å². The third-order valence-corrected chi connectivity index (χ3v) is 5.54. The molecule has 0 saturated carbocycles. The SMILES string of the molecule is O=C(CSc1nnc2c(Cl)cc(Cl)cn12)N1CCCc2ccccc21. The first-order chi connectivity index (χ1) is 12.1. The van der Waals surface area contributed by atoms with Gasteiger partial charge < -0.3 is 4.90 Å². The number of pyridine rings is 1. The molecule has 128 valence electrons. The Morgan fingerprint density at radius 1 is 1.24 bits per heavy atom. The summed E-state index contributed by atoms with van der Waals surface area (Å²) in [5, 5.41) is 9.71. The molecule has 0 unspecified atom stereocenters. The Labute approximate surface area is 158 Å². The van der Waals surface area contributed by atoms with Crippen molar-refractivity contribution >= 4 is 52.2 Å². The van der Waals surface area contributed by atoms with Crippen LogP contribution in [0.25, 0.3) is 5.65 Å². The van der Waals surface area contributed by atoms with Crippen molar-refractivity contribution in [3.63, 3.8) is 0 Å². The summed E-state index contributed by atoms with van der Waals surface area (Å²) in [7, 11) is 0. The molecule has 0 radical (unpaired) electrons. The van der Waals surface area contributed by atoms with Crippen LogP contribution < -0.4 is 4.90 Å². The van der Waals surface area contributed by atoms with E-state index in [1.165, 1.54) is 17.3 Å². The monoisotopic (exact) mass is 392 g/mol. The Balaban J connectivity index is 1.54. The highest BCUT2D eigenvalue weighted by Crippen LogP contribution is 2.29. The maximum atomic E-state index is 12.7. The van der Waals surface area contributed by atoms with Gasteiger partial charge in [0.2, 0.25) is 5.91 Å². The molecule has 8 heteroatoms. The Morgan fingerprint density at radius 3 is 2.96 bits per heavy atom. The lowest BCUT2D eigenvalue weighted by molar-refractivity contribution is -0.116. The van der Waals surface area contributed by atoms with Crippen molar-refractivity contribution in [3.05, 3.63) is 52.1 Å². The molecule has 25 heavy (non-hydrogen) atoms. The standard InChI is InChI=1S/C17H14Cl2N4OS/c18-12-8-13(19)16-20-21-17(23(16)9-12)25-10-15(24)22-7-3-5-11-4-1-2-6-14(11)22/h1-2,4,6,8-9H,3,5,7,10H2. The van der Waals surface area contributed by atoms with E-state index in [2.05, 4.69) is 16.3 Å². The normalized spacial score (nSPS) is 13.9. The molecule has 1 aliphatic heterocycles. The molecule has 0 atom stereocenters. The number of nitrogens with zero attached hydrogens (tertiary/aromatic N) is 4. The van der Waals surface area contributed by atoms with Gasteiger partial charge in [0.25, 0.3) is 0 Å². The predicted molar refractivity (Wildman–Crippen MR) is 101 cm³/mol. The summed E-state index contributed by atoms with van der Waals surface area (Å²) in [5.41, 5.74) is 2.76. The Kier molecular flexibility index (Phi) is 4.58. The minimum absolute atomic E-state index is 0.0574. The zero-order valence-corrected chi connectivity index (χ0v) is 15.5. The van der Waals surface area contributed by atoms with E-state index >= 15 is 0 Å². The fourth-order valence-electron chi connectivity index (χ4n) is 3.00. The molecule has 3 heterocycles. The van der Waals surface area contributed by atoms with Gasteiger partial charge in [-0.2, -0.15) is 0 Å². The van der Waals surface area contributed by atoms with Gasteiger partial charge in [0.1, 0.15) is 0 Å². The number of aryl methyl sites for hydroxylation is 1. The molecule has 0 saturated heterocycles. The van der Waals surface area contributed by atoms with Crippen molar-refractivity contribution in [3.8, 4) is 0 Å². The Morgan fingerprint density at radius 2 is 2.08 bits per heavy atom. The number of hydrogen-bond acceptors (Lipinski definition) is 4.